The van der Waals surface area contributed by atoms with Crippen molar-refractivity contribution in [3.05, 3.63) is 72.9 Å². The molecule has 3 rings (SSSR count). The van der Waals surface area contributed by atoms with Crippen LogP contribution in [0.5, 0.6) is 5.75 Å². The first-order valence-corrected chi connectivity index (χ1v) is 7.47. The molecule has 0 spiro atoms. The quantitative estimate of drug-likeness (QED) is 0.753. The molecule has 1 amide bonds. The lowest BCUT2D eigenvalue weighted by molar-refractivity contribution is -0.123. The third-order valence-electron chi connectivity index (χ3n) is 3.26. The smallest absolute Gasteiger partial charge is 0.258 e. The molecule has 1 aromatic carbocycles. The predicted octanol–water partition coefficient (Wildman–Crippen LogP) is 2.23. The Balaban J connectivity index is 1.54. The highest BCUT2D eigenvalue weighted by Crippen LogP contribution is 2.15. The highest BCUT2D eigenvalue weighted by molar-refractivity contribution is 5.77. The number of carbonyl (C=O) groups excluding carboxylic acids is 1. The molecule has 0 aliphatic heterocycles. The molecule has 0 unspecified atom stereocenters. The molecule has 6 nitrogen and oxygen atoms in total. The highest BCUT2D eigenvalue weighted by Gasteiger charge is 2.05. The SMILES string of the molecule is O=C(COc1cccnc1)NCc1cc(-c2ccccc2)ncn1. The predicted molar refractivity (Wildman–Crippen MR) is 89.0 cm³/mol. The van der Waals surface area contributed by atoms with Crippen LogP contribution in [-0.4, -0.2) is 27.5 Å². The summed E-state index contributed by atoms with van der Waals surface area (Å²) < 4.78 is 5.34. The van der Waals surface area contributed by atoms with E-state index in [2.05, 4.69) is 20.3 Å². The number of carbonyl (C=O) groups is 1. The van der Waals surface area contributed by atoms with Crippen molar-refractivity contribution in [1.29, 1.82) is 0 Å². The lowest BCUT2D eigenvalue weighted by Crippen LogP contribution is -2.28. The van der Waals surface area contributed by atoms with E-state index in [9.17, 15) is 4.79 Å². The minimum atomic E-state index is -0.223. The molecular weight excluding hydrogens is 304 g/mol. The summed E-state index contributed by atoms with van der Waals surface area (Å²) in [5.41, 5.74) is 2.56. The van der Waals surface area contributed by atoms with Crippen LogP contribution in [0.2, 0.25) is 0 Å². The summed E-state index contributed by atoms with van der Waals surface area (Å²) in [5.74, 6) is 0.333. The van der Waals surface area contributed by atoms with Gasteiger partial charge in [0.15, 0.2) is 6.61 Å². The van der Waals surface area contributed by atoms with Crippen molar-refractivity contribution in [1.82, 2.24) is 20.3 Å². The molecule has 0 bridgehead atoms. The summed E-state index contributed by atoms with van der Waals surface area (Å²) in [4.78, 5) is 24.2. The Morgan fingerprint density at radius 3 is 2.75 bits per heavy atom. The summed E-state index contributed by atoms with van der Waals surface area (Å²) in [6, 6.07) is 15.2. The van der Waals surface area contributed by atoms with E-state index in [0.717, 1.165) is 17.0 Å². The van der Waals surface area contributed by atoms with E-state index in [0.29, 0.717) is 12.3 Å². The van der Waals surface area contributed by atoms with Gasteiger partial charge in [-0.2, -0.15) is 0 Å². The molecule has 2 heterocycles. The van der Waals surface area contributed by atoms with Crippen LogP contribution >= 0.6 is 0 Å². The number of nitrogens with one attached hydrogen (secondary N) is 1. The van der Waals surface area contributed by atoms with E-state index in [1.54, 1.807) is 24.5 Å². The second-order valence-electron chi connectivity index (χ2n) is 5.01. The minimum Gasteiger partial charge on any atom is -0.482 e. The highest BCUT2D eigenvalue weighted by atomic mass is 16.5. The Kier molecular flexibility index (Phi) is 5.09. The molecule has 0 fully saturated rings. The summed E-state index contributed by atoms with van der Waals surface area (Å²) >= 11 is 0. The van der Waals surface area contributed by atoms with Crippen LogP contribution in [0.3, 0.4) is 0 Å². The molecule has 24 heavy (non-hydrogen) atoms. The van der Waals surface area contributed by atoms with Crippen molar-refractivity contribution in [2.45, 2.75) is 6.54 Å². The topological polar surface area (TPSA) is 77.0 Å². The van der Waals surface area contributed by atoms with Crippen molar-refractivity contribution in [3.8, 4) is 17.0 Å². The van der Waals surface area contributed by atoms with E-state index in [4.69, 9.17) is 4.74 Å². The zero-order valence-electron chi connectivity index (χ0n) is 12.9. The third kappa shape index (κ3) is 4.36. The van der Waals surface area contributed by atoms with Crippen LogP contribution in [0.15, 0.2) is 67.3 Å². The van der Waals surface area contributed by atoms with Crippen molar-refractivity contribution in [2.75, 3.05) is 6.61 Å². The molecule has 0 radical (unpaired) electrons. The molecule has 6 heteroatoms. The number of ether oxygens (including phenoxy) is 1. The van der Waals surface area contributed by atoms with Gasteiger partial charge in [-0.15, -0.1) is 0 Å². The average Bonchev–Trinajstić information content (AvgIpc) is 2.66. The van der Waals surface area contributed by atoms with Gasteiger partial charge in [0.1, 0.15) is 12.1 Å². The molecule has 0 saturated heterocycles. The Bertz CT molecular complexity index is 794. The summed E-state index contributed by atoms with van der Waals surface area (Å²) in [7, 11) is 0. The van der Waals surface area contributed by atoms with Crippen molar-refractivity contribution in [2.24, 2.45) is 0 Å². The minimum absolute atomic E-state index is 0.0671. The number of rotatable bonds is 6. The molecule has 3 aromatic rings. The Morgan fingerprint density at radius 2 is 1.96 bits per heavy atom. The van der Waals surface area contributed by atoms with Crippen molar-refractivity contribution >= 4 is 5.91 Å². The third-order valence-corrected chi connectivity index (χ3v) is 3.26. The van der Waals surface area contributed by atoms with Crippen LogP contribution in [0, 0.1) is 0 Å². The van der Waals surface area contributed by atoms with Gasteiger partial charge in [-0.25, -0.2) is 9.97 Å². The Morgan fingerprint density at radius 1 is 1.08 bits per heavy atom. The van der Waals surface area contributed by atoms with Crippen molar-refractivity contribution in [3.63, 3.8) is 0 Å². The van der Waals surface area contributed by atoms with Gasteiger partial charge in [-0.05, 0) is 18.2 Å². The standard InChI is InChI=1S/C18H16N4O2/c23-18(12-24-16-7-4-8-19-11-16)20-10-15-9-17(22-13-21-15)14-5-2-1-3-6-14/h1-9,11,13H,10,12H2,(H,20,23). The van der Waals surface area contributed by atoms with E-state index in [1.807, 2.05) is 36.4 Å². The molecule has 1 N–H and O–H groups in total. The van der Waals surface area contributed by atoms with Crippen LogP contribution in [0.25, 0.3) is 11.3 Å². The van der Waals surface area contributed by atoms with Crippen LogP contribution in [0.1, 0.15) is 5.69 Å². The molecule has 0 saturated carbocycles. The number of benzene rings is 1. The first-order chi connectivity index (χ1) is 11.8. The number of pyridine rings is 1. The second-order valence-corrected chi connectivity index (χ2v) is 5.01. The first-order valence-electron chi connectivity index (χ1n) is 7.47. The maximum atomic E-state index is 11.8. The molecule has 120 valence electrons. The Hall–Kier alpha value is -3.28. The number of nitrogens with zero attached hydrogens (tertiary/aromatic N) is 3. The number of aromatic nitrogens is 3. The lowest BCUT2D eigenvalue weighted by Gasteiger charge is -2.07. The molecule has 0 aliphatic carbocycles. The fourth-order valence-corrected chi connectivity index (χ4v) is 2.08. The van der Waals surface area contributed by atoms with E-state index in [-0.39, 0.29) is 12.5 Å². The molecular formula is C18H16N4O2. The van der Waals surface area contributed by atoms with Gasteiger partial charge < -0.3 is 10.1 Å². The maximum Gasteiger partial charge on any atom is 0.258 e. The Labute approximate surface area is 139 Å². The van der Waals surface area contributed by atoms with E-state index < -0.39 is 0 Å². The van der Waals surface area contributed by atoms with Gasteiger partial charge >= 0.3 is 0 Å². The molecule has 0 atom stereocenters. The zero-order valence-corrected chi connectivity index (χ0v) is 12.9. The zero-order chi connectivity index (χ0) is 16.6. The normalized spacial score (nSPS) is 10.2. The number of hydrogen-bond acceptors (Lipinski definition) is 5. The van der Waals surface area contributed by atoms with Crippen LogP contribution in [0.4, 0.5) is 0 Å². The van der Waals surface area contributed by atoms with Gasteiger partial charge in [0.25, 0.3) is 5.91 Å². The first kappa shape index (κ1) is 15.6. The van der Waals surface area contributed by atoms with Gasteiger partial charge in [-0.1, -0.05) is 30.3 Å². The van der Waals surface area contributed by atoms with E-state index >= 15 is 0 Å². The van der Waals surface area contributed by atoms with Crippen molar-refractivity contribution < 1.29 is 9.53 Å². The van der Waals surface area contributed by atoms with Gasteiger partial charge in [0.2, 0.25) is 0 Å². The summed E-state index contributed by atoms with van der Waals surface area (Å²) in [5, 5.41) is 2.77. The van der Waals surface area contributed by atoms with Gasteiger partial charge in [0, 0.05) is 11.8 Å². The monoisotopic (exact) mass is 320 g/mol. The summed E-state index contributed by atoms with van der Waals surface area (Å²) in [6.07, 6.45) is 4.70. The summed E-state index contributed by atoms with van der Waals surface area (Å²) in [6.45, 7) is 0.250. The second kappa shape index (κ2) is 7.82. The van der Waals surface area contributed by atoms with Gasteiger partial charge in [0.05, 0.1) is 24.1 Å². The van der Waals surface area contributed by atoms with E-state index in [1.165, 1.54) is 6.33 Å². The fraction of sp³-hybridized carbons (Fsp3) is 0.111. The largest absolute Gasteiger partial charge is 0.482 e. The number of hydrogen-bond donors (Lipinski definition) is 1. The fourth-order valence-electron chi connectivity index (χ4n) is 2.08. The maximum absolute atomic E-state index is 11.8. The van der Waals surface area contributed by atoms with Crippen LogP contribution < -0.4 is 10.1 Å². The van der Waals surface area contributed by atoms with Gasteiger partial charge in [-0.3, -0.25) is 9.78 Å². The molecule has 2 aromatic heterocycles. The molecule has 0 aliphatic rings. The number of amides is 1. The van der Waals surface area contributed by atoms with Crippen LogP contribution in [-0.2, 0) is 11.3 Å². The average molecular weight is 320 g/mol. The lowest BCUT2D eigenvalue weighted by atomic mass is 10.1.